The first-order valence-corrected chi connectivity index (χ1v) is 7.75. The summed E-state index contributed by atoms with van der Waals surface area (Å²) in [6.45, 7) is 6.52. The number of nitrogens with one attached hydrogen (secondary N) is 3. The number of hydrogen-bond acceptors (Lipinski definition) is 3. The van der Waals surface area contributed by atoms with E-state index in [1.165, 1.54) is 0 Å². The van der Waals surface area contributed by atoms with Crippen molar-refractivity contribution in [1.82, 2.24) is 10.6 Å². The fraction of sp³-hybridized carbons (Fsp3) is 0.533. The standard InChI is InChI=1S/C15H23N3O2S/c1-19-14-5-3-2-4-13(14)12-17-15(21)16-6-7-18-8-10-20-11-9-18/h2-5H,6-12H2,1H3,(H2,16,17,21)/p+1. The molecule has 6 heteroatoms. The summed E-state index contributed by atoms with van der Waals surface area (Å²) in [7, 11) is 1.68. The van der Waals surface area contributed by atoms with Crippen LogP contribution in [0.3, 0.4) is 0 Å². The lowest BCUT2D eigenvalue weighted by molar-refractivity contribution is -0.906. The number of para-hydroxylation sites is 1. The van der Waals surface area contributed by atoms with Gasteiger partial charge < -0.3 is 25.0 Å². The highest BCUT2D eigenvalue weighted by Crippen LogP contribution is 2.16. The van der Waals surface area contributed by atoms with Crippen LogP contribution in [0.2, 0.25) is 0 Å². The van der Waals surface area contributed by atoms with Gasteiger partial charge in [-0.05, 0) is 18.3 Å². The Labute approximate surface area is 131 Å². The molecule has 0 amide bonds. The Morgan fingerprint density at radius 1 is 1.29 bits per heavy atom. The third kappa shape index (κ3) is 5.49. The molecule has 2 rings (SSSR count). The highest BCUT2D eigenvalue weighted by atomic mass is 32.1. The molecule has 0 aliphatic carbocycles. The van der Waals surface area contributed by atoms with Gasteiger partial charge in [-0.25, -0.2) is 0 Å². The highest BCUT2D eigenvalue weighted by molar-refractivity contribution is 7.80. The van der Waals surface area contributed by atoms with Crippen molar-refractivity contribution in [3.8, 4) is 5.75 Å². The molecule has 0 spiro atoms. The van der Waals surface area contributed by atoms with E-state index in [0.717, 1.165) is 50.7 Å². The Kier molecular flexibility index (Phi) is 6.72. The van der Waals surface area contributed by atoms with Crippen LogP contribution in [-0.2, 0) is 11.3 Å². The fourth-order valence-electron chi connectivity index (χ4n) is 2.35. The van der Waals surface area contributed by atoms with E-state index in [9.17, 15) is 0 Å². The Morgan fingerprint density at radius 3 is 2.81 bits per heavy atom. The molecule has 3 N–H and O–H groups in total. The molecule has 116 valence electrons. The van der Waals surface area contributed by atoms with Gasteiger partial charge in [-0.3, -0.25) is 0 Å². The number of hydrogen-bond donors (Lipinski definition) is 3. The van der Waals surface area contributed by atoms with Crippen molar-refractivity contribution in [1.29, 1.82) is 0 Å². The third-order valence-electron chi connectivity index (χ3n) is 3.60. The molecular formula is C15H24N3O2S+. The Morgan fingerprint density at radius 2 is 2.05 bits per heavy atom. The van der Waals surface area contributed by atoms with Gasteiger partial charge in [0.1, 0.15) is 18.8 Å². The molecule has 1 aliphatic heterocycles. The van der Waals surface area contributed by atoms with Crippen LogP contribution in [0.5, 0.6) is 5.75 Å². The monoisotopic (exact) mass is 310 g/mol. The maximum atomic E-state index is 5.35. The molecule has 1 aliphatic rings. The van der Waals surface area contributed by atoms with E-state index in [2.05, 4.69) is 10.6 Å². The highest BCUT2D eigenvalue weighted by Gasteiger charge is 2.12. The molecule has 0 radical (unpaired) electrons. The van der Waals surface area contributed by atoms with Gasteiger partial charge in [0.25, 0.3) is 0 Å². The van der Waals surface area contributed by atoms with Crippen LogP contribution >= 0.6 is 12.2 Å². The second kappa shape index (κ2) is 8.81. The number of benzene rings is 1. The van der Waals surface area contributed by atoms with E-state index < -0.39 is 0 Å². The summed E-state index contributed by atoms with van der Waals surface area (Å²) in [6, 6.07) is 7.95. The minimum atomic E-state index is 0.667. The molecule has 1 saturated heterocycles. The lowest BCUT2D eigenvalue weighted by Gasteiger charge is -2.24. The van der Waals surface area contributed by atoms with E-state index >= 15 is 0 Å². The summed E-state index contributed by atoms with van der Waals surface area (Å²) in [4.78, 5) is 1.57. The minimum absolute atomic E-state index is 0.667. The molecule has 0 aromatic heterocycles. The van der Waals surface area contributed by atoms with Gasteiger partial charge in [-0.15, -0.1) is 0 Å². The number of ether oxygens (including phenoxy) is 2. The largest absolute Gasteiger partial charge is 0.496 e. The van der Waals surface area contributed by atoms with Crippen LogP contribution in [0, 0.1) is 0 Å². The Hall–Kier alpha value is -1.37. The fourth-order valence-corrected chi connectivity index (χ4v) is 2.52. The zero-order valence-electron chi connectivity index (χ0n) is 12.5. The quantitative estimate of drug-likeness (QED) is 0.623. The smallest absolute Gasteiger partial charge is 0.166 e. The summed E-state index contributed by atoms with van der Waals surface area (Å²) in [5.41, 5.74) is 1.10. The number of methoxy groups -OCH3 is 1. The van der Waals surface area contributed by atoms with Crippen molar-refractivity contribution in [2.75, 3.05) is 46.5 Å². The maximum Gasteiger partial charge on any atom is 0.166 e. The van der Waals surface area contributed by atoms with Crippen molar-refractivity contribution >= 4 is 17.3 Å². The van der Waals surface area contributed by atoms with Gasteiger partial charge in [0.05, 0.1) is 33.4 Å². The molecule has 1 aromatic carbocycles. The minimum Gasteiger partial charge on any atom is -0.496 e. The molecule has 5 nitrogen and oxygen atoms in total. The summed E-state index contributed by atoms with van der Waals surface area (Å²) in [5.74, 6) is 0.880. The van der Waals surface area contributed by atoms with Gasteiger partial charge in [0.2, 0.25) is 0 Å². The number of rotatable bonds is 6. The van der Waals surface area contributed by atoms with Gasteiger partial charge in [-0.2, -0.15) is 0 Å². The molecule has 0 saturated carbocycles. The van der Waals surface area contributed by atoms with Crippen LogP contribution in [0.15, 0.2) is 24.3 Å². The zero-order valence-corrected chi connectivity index (χ0v) is 13.3. The SMILES string of the molecule is COc1ccccc1CNC(=S)NCC[NH+]1CCOCC1. The van der Waals surface area contributed by atoms with E-state index in [1.54, 1.807) is 12.0 Å². The molecule has 0 unspecified atom stereocenters. The Bertz CT molecular complexity index is 450. The first-order chi connectivity index (χ1) is 10.3. The lowest BCUT2D eigenvalue weighted by Crippen LogP contribution is -3.14. The molecule has 1 fully saturated rings. The zero-order chi connectivity index (χ0) is 14.9. The summed E-state index contributed by atoms with van der Waals surface area (Å²) < 4.78 is 10.7. The van der Waals surface area contributed by atoms with Gasteiger partial charge in [0.15, 0.2) is 5.11 Å². The first-order valence-electron chi connectivity index (χ1n) is 7.34. The molecule has 0 atom stereocenters. The summed E-state index contributed by atoms with van der Waals surface area (Å²) in [6.07, 6.45) is 0. The van der Waals surface area contributed by atoms with Gasteiger partial charge in [-0.1, -0.05) is 18.2 Å². The van der Waals surface area contributed by atoms with E-state index in [-0.39, 0.29) is 0 Å². The first kappa shape index (κ1) is 16.0. The normalized spacial score (nSPS) is 15.5. The van der Waals surface area contributed by atoms with Crippen molar-refractivity contribution in [3.63, 3.8) is 0 Å². The molecule has 0 bridgehead atoms. The molecule has 21 heavy (non-hydrogen) atoms. The van der Waals surface area contributed by atoms with Crippen LogP contribution < -0.4 is 20.3 Å². The average molecular weight is 310 g/mol. The van der Waals surface area contributed by atoms with Crippen molar-refractivity contribution in [3.05, 3.63) is 29.8 Å². The van der Waals surface area contributed by atoms with Crippen molar-refractivity contribution in [2.45, 2.75) is 6.54 Å². The maximum absolute atomic E-state index is 5.35. The second-order valence-corrected chi connectivity index (χ2v) is 5.44. The molecular weight excluding hydrogens is 286 g/mol. The number of quaternary nitrogens is 1. The predicted octanol–water partition coefficient (Wildman–Crippen LogP) is -0.426. The van der Waals surface area contributed by atoms with Crippen LogP contribution in [0.4, 0.5) is 0 Å². The number of morpholine rings is 1. The molecule has 1 heterocycles. The van der Waals surface area contributed by atoms with E-state index in [0.29, 0.717) is 11.7 Å². The second-order valence-electron chi connectivity index (χ2n) is 5.03. The van der Waals surface area contributed by atoms with Crippen LogP contribution in [0.25, 0.3) is 0 Å². The van der Waals surface area contributed by atoms with E-state index in [1.807, 2.05) is 24.3 Å². The van der Waals surface area contributed by atoms with Crippen LogP contribution in [-0.4, -0.2) is 51.6 Å². The average Bonchev–Trinajstić information content (AvgIpc) is 2.54. The topological polar surface area (TPSA) is 47.0 Å². The third-order valence-corrected chi connectivity index (χ3v) is 3.88. The molecule has 1 aromatic rings. The van der Waals surface area contributed by atoms with Crippen molar-refractivity contribution < 1.29 is 14.4 Å². The lowest BCUT2D eigenvalue weighted by atomic mass is 10.2. The summed E-state index contributed by atoms with van der Waals surface area (Å²) >= 11 is 5.30. The van der Waals surface area contributed by atoms with Crippen molar-refractivity contribution in [2.24, 2.45) is 0 Å². The van der Waals surface area contributed by atoms with Gasteiger partial charge in [0, 0.05) is 12.1 Å². The summed E-state index contributed by atoms with van der Waals surface area (Å²) in [5, 5.41) is 7.16. The number of thiocarbonyl (C=S) groups is 1. The van der Waals surface area contributed by atoms with Crippen LogP contribution in [0.1, 0.15) is 5.56 Å². The van der Waals surface area contributed by atoms with E-state index in [4.69, 9.17) is 21.7 Å². The van der Waals surface area contributed by atoms with Gasteiger partial charge >= 0.3 is 0 Å². The predicted molar refractivity (Wildman–Crippen MR) is 86.8 cm³/mol. The Balaban J connectivity index is 1.65.